The molecule has 0 bridgehead atoms. The number of aliphatic carboxylic acids is 2. The van der Waals surface area contributed by atoms with E-state index < -0.39 is 24.0 Å². The van der Waals surface area contributed by atoms with Gasteiger partial charge in [0.1, 0.15) is 6.04 Å². The van der Waals surface area contributed by atoms with Crippen molar-refractivity contribution in [2.75, 3.05) is 0 Å². The lowest BCUT2D eigenvalue weighted by molar-refractivity contribution is -0.140. The second-order valence-electron chi connectivity index (χ2n) is 5.31. The summed E-state index contributed by atoms with van der Waals surface area (Å²) < 4.78 is 0. The van der Waals surface area contributed by atoms with Crippen molar-refractivity contribution in [3.05, 3.63) is 0 Å². The molecular formula is C13H22N2O5. The van der Waals surface area contributed by atoms with Crippen LogP contribution in [-0.4, -0.2) is 40.3 Å². The SMILES string of the molecule is CC1CCCC1NC(=O)N[C@H](CCCC(=O)O)C(=O)O. The van der Waals surface area contributed by atoms with Gasteiger partial charge >= 0.3 is 18.0 Å². The third-order valence-corrected chi connectivity index (χ3v) is 3.66. The van der Waals surface area contributed by atoms with Gasteiger partial charge in [0.15, 0.2) is 0 Å². The van der Waals surface area contributed by atoms with Gasteiger partial charge in [-0.2, -0.15) is 0 Å². The number of carboxylic acids is 2. The Morgan fingerprint density at radius 2 is 1.95 bits per heavy atom. The van der Waals surface area contributed by atoms with Crippen LogP contribution in [0.1, 0.15) is 45.4 Å². The van der Waals surface area contributed by atoms with Crippen LogP contribution in [-0.2, 0) is 9.59 Å². The predicted octanol–water partition coefficient (Wildman–Crippen LogP) is 1.18. The van der Waals surface area contributed by atoms with E-state index in [1.165, 1.54) is 0 Å². The van der Waals surface area contributed by atoms with Gasteiger partial charge in [-0.25, -0.2) is 9.59 Å². The lowest BCUT2D eigenvalue weighted by Crippen LogP contribution is -2.49. The van der Waals surface area contributed by atoms with Gasteiger partial charge in [-0.3, -0.25) is 4.79 Å². The second kappa shape index (κ2) is 7.72. The maximum atomic E-state index is 11.8. The van der Waals surface area contributed by atoms with Gasteiger partial charge in [0.25, 0.3) is 0 Å². The van der Waals surface area contributed by atoms with E-state index in [0.29, 0.717) is 5.92 Å². The lowest BCUT2D eigenvalue weighted by Gasteiger charge is -2.20. The Balaban J connectivity index is 2.38. The van der Waals surface area contributed by atoms with Crippen molar-refractivity contribution in [1.82, 2.24) is 10.6 Å². The normalized spacial score (nSPS) is 23.1. The largest absolute Gasteiger partial charge is 0.481 e. The molecule has 3 atom stereocenters. The molecule has 0 saturated heterocycles. The van der Waals surface area contributed by atoms with Crippen molar-refractivity contribution in [3.8, 4) is 0 Å². The van der Waals surface area contributed by atoms with Crippen molar-refractivity contribution < 1.29 is 24.6 Å². The number of hydrogen-bond donors (Lipinski definition) is 4. The predicted molar refractivity (Wildman–Crippen MR) is 71.4 cm³/mol. The van der Waals surface area contributed by atoms with Gasteiger partial charge in [0.2, 0.25) is 0 Å². The van der Waals surface area contributed by atoms with Crippen molar-refractivity contribution in [2.24, 2.45) is 5.92 Å². The smallest absolute Gasteiger partial charge is 0.326 e. The quantitative estimate of drug-likeness (QED) is 0.561. The van der Waals surface area contributed by atoms with E-state index in [-0.39, 0.29) is 25.3 Å². The van der Waals surface area contributed by atoms with Gasteiger partial charge in [-0.05, 0) is 31.6 Å². The summed E-state index contributed by atoms with van der Waals surface area (Å²) in [5, 5.41) is 22.7. The van der Waals surface area contributed by atoms with Crippen LogP contribution < -0.4 is 10.6 Å². The molecule has 2 unspecified atom stereocenters. The van der Waals surface area contributed by atoms with Gasteiger partial charge in [0, 0.05) is 12.5 Å². The van der Waals surface area contributed by atoms with Crippen LogP contribution in [0, 0.1) is 5.92 Å². The molecule has 20 heavy (non-hydrogen) atoms. The number of amides is 2. The van der Waals surface area contributed by atoms with Crippen molar-refractivity contribution in [3.63, 3.8) is 0 Å². The summed E-state index contributed by atoms with van der Waals surface area (Å²) in [6, 6.07) is -1.46. The fourth-order valence-electron chi connectivity index (χ4n) is 2.44. The van der Waals surface area contributed by atoms with Crippen molar-refractivity contribution in [1.29, 1.82) is 0 Å². The van der Waals surface area contributed by atoms with E-state index in [1.54, 1.807) is 0 Å². The van der Waals surface area contributed by atoms with Crippen LogP contribution >= 0.6 is 0 Å². The summed E-state index contributed by atoms with van der Waals surface area (Å²) >= 11 is 0. The van der Waals surface area contributed by atoms with Crippen LogP contribution in [0.25, 0.3) is 0 Å². The zero-order valence-electron chi connectivity index (χ0n) is 11.6. The molecule has 1 aliphatic rings. The molecule has 0 radical (unpaired) electrons. The number of carbonyl (C=O) groups is 3. The Labute approximate surface area is 117 Å². The molecule has 0 aromatic rings. The molecule has 1 saturated carbocycles. The number of urea groups is 1. The van der Waals surface area contributed by atoms with Crippen LogP contribution in [0.4, 0.5) is 4.79 Å². The Hall–Kier alpha value is -1.79. The third kappa shape index (κ3) is 5.46. The van der Waals surface area contributed by atoms with Crippen LogP contribution in [0.5, 0.6) is 0 Å². The minimum Gasteiger partial charge on any atom is -0.481 e. The fourth-order valence-corrected chi connectivity index (χ4v) is 2.44. The summed E-state index contributed by atoms with van der Waals surface area (Å²) in [5.41, 5.74) is 0. The van der Waals surface area contributed by atoms with E-state index in [1.807, 2.05) is 0 Å². The molecule has 0 aromatic carbocycles. The van der Waals surface area contributed by atoms with Gasteiger partial charge in [-0.1, -0.05) is 13.3 Å². The summed E-state index contributed by atoms with van der Waals surface area (Å²) in [7, 11) is 0. The second-order valence-corrected chi connectivity index (χ2v) is 5.31. The van der Waals surface area contributed by atoms with E-state index in [0.717, 1.165) is 19.3 Å². The average Bonchev–Trinajstić information content (AvgIpc) is 2.73. The van der Waals surface area contributed by atoms with Crippen LogP contribution in [0.3, 0.4) is 0 Å². The summed E-state index contributed by atoms with van der Waals surface area (Å²) in [4.78, 5) is 33.2. The Morgan fingerprint density at radius 1 is 1.25 bits per heavy atom. The average molecular weight is 286 g/mol. The first-order valence-electron chi connectivity index (χ1n) is 6.91. The molecule has 1 fully saturated rings. The molecule has 1 rings (SSSR count). The number of carbonyl (C=O) groups excluding carboxylic acids is 1. The van der Waals surface area contributed by atoms with E-state index >= 15 is 0 Å². The molecule has 2 amide bonds. The minimum atomic E-state index is -1.15. The highest BCUT2D eigenvalue weighted by molar-refractivity contribution is 5.82. The van der Waals surface area contributed by atoms with Gasteiger partial charge < -0.3 is 20.8 Å². The third-order valence-electron chi connectivity index (χ3n) is 3.66. The number of hydrogen-bond acceptors (Lipinski definition) is 3. The topological polar surface area (TPSA) is 116 Å². The lowest BCUT2D eigenvalue weighted by atomic mass is 10.1. The minimum absolute atomic E-state index is 0.0865. The van der Waals surface area contributed by atoms with Gasteiger partial charge in [0.05, 0.1) is 0 Å². The molecule has 114 valence electrons. The maximum absolute atomic E-state index is 11.8. The molecule has 0 aliphatic heterocycles. The summed E-state index contributed by atoms with van der Waals surface area (Å²) in [6.07, 6.45) is 3.25. The standard InChI is InChI=1S/C13H22N2O5/c1-8-4-2-5-9(8)14-13(20)15-10(12(18)19)6-3-7-11(16)17/h8-10H,2-7H2,1H3,(H,16,17)(H,18,19)(H2,14,15,20)/t8?,9?,10-/m1/s1. The van der Waals surface area contributed by atoms with E-state index in [9.17, 15) is 14.4 Å². The number of nitrogens with one attached hydrogen (secondary N) is 2. The zero-order chi connectivity index (χ0) is 15.1. The summed E-state index contributed by atoms with van der Waals surface area (Å²) in [5.74, 6) is -1.72. The van der Waals surface area contributed by atoms with Gasteiger partial charge in [-0.15, -0.1) is 0 Å². The molecule has 7 heteroatoms. The maximum Gasteiger partial charge on any atom is 0.326 e. The molecule has 0 aromatic heterocycles. The van der Waals surface area contributed by atoms with E-state index in [2.05, 4.69) is 17.6 Å². The number of carboxylic acid groups (broad SMARTS) is 2. The first-order chi connectivity index (χ1) is 9.40. The molecule has 0 heterocycles. The fraction of sp³-hybridized carbons (Fsp3) is 0.769. The molecule has 7 nitrogen and oxygen atoms in total. The van der Waals surface area contributed by atoms with Crippen molar-refractivity contribution >= 4 is 18.0 Å². The Kier molecular flexibility index (Phi) is 6.27. The Morgan fingerprint density at radius 3 is 2.45 bits per heavy atom. The first kappa shape index (κ1) is 16.3. The monoisotopic (exact) mass is 286 g/mol. The Bertz CT molecular complexity index is 372. The molecule has 4 N–H and O–H groups in total. The van der Waals surface area contributed by atoms with E-state index in [4.69, 9.17) is 10.2 Å². The van der Waals surface area contributed by atoms with Crippen LogP contribution in [0.2, 0.25) is 0 Å². The summed E-state index contributed by atoms with van der Waals surface area (Å²) in [6.45, 7) is 2.06. The first-order valence-corrected chi connectivity index (χ1v) is 6.91. The van der Waals surface area contributed by atoms with Crippen molar-refractivity contribution in [2.45, 2.75) is 57.5 Å². The van der Waals surface area contributed by atoms with Crippen LogP contribution in [0.15, 0.2) is 0 Å². The highest BCUT2D eigenvalue weighted by Crippen LogP contribution is 2.24. The molecule has 1 aliphatic carbocycles. The molecule has 0 spiro atoms. The highest BCUT2D eigenvalue weighted by atomic mass is 16.4. The highest BCUT2D eigenvalue weighted by Gasteiger charge is 2.26. The zero-order valence-corrected chi connectivity index (χ0v) is 11.6. The molecular weight excluding hydrogens is 264 g/mol. The number of rotatable bonds is 7.